The van der Waals surface area contributed by atoms with Crippen LogP contribution in [0, 0.1) is 0 Å². The summed E-state index contributed by atoms with van der Waals surface area (Å²) in [6.45, 7) is 0.811. The Morgan fingerprint density at radius 3 is 3.05 bits per heavy atom. The summed E-state index contributed by atoms with van der Waals surface area (Å²) >= 11 is 1.40. The second kappa shape index (κ2) is 6.22. The van der Waals surface area contributed by atoms with Gasteiger partial charge >= 0.3 is 0 Å². The van der Waals surface area contributed by atoms with Crippen LogP contribution < -0.4 is 10.9 Å². The molecule has 5 nitrogen and oxygen atoms in total. The second-order valence-electron chi connectivity index (χ2n) is 5.12. The zero-order chi connectivity index (χ0) is 14.7. The summed E-state index contributed by atoms with van der Waals surface area (Å²) in [6, 6.07) is 5.32. The van der Waals surface area contributed by atoms with Crippen LogP contribution in [0.2, 0.25) is 0 Å². The van der Waals surface area contributed by atoms with Gasteiger partial charge in [0.1, 0.15) is 0 Å². The number of aryl methyl sites for hydroxylation is 2. The zero-order valence-corrected chi connectivity index (χ0v) is 12.5. The molecule has 2 aromatic heterocycles. The molecular formula is C15H17N3O2S. The Morgan fingerprint density at radius 2 is 2.24 bits per heavy atom. The van der Waals surface area contributed by atoms with Crippen LogP contribution in [0.1, 0.15) is 33.8 Å². The third kappa shape index (κ3) is 3.21. The van der Waals surface area contributed by atoms with Crippen LogP contribution in [0.15, 0.2) is 28.4 Å². The fraction of sp³-hybridized carbons (Fsp3) is 0.400. The predicted molar refractivity (Wildman–Crippen MR) is 81.8 cm³/mol. The Hall–Kier alpha value is -1.95. The third-order valence-electron chi connectivity index (χ3n) is 3.63. The number of carbonyl (C=O) groups is 1. The summed E-state index contributed by atoms with van der Waals surface area (Å²) in [4.78, 5) is 24.5. The van der Waals surface area contributed by atoms with Crippen molar-refractivity contribution in [3.63, 3.8) is 0 Å². The van der Waals surface area contributed by atoms with Gasteiger partial charge in [-0.3, -0.25) is 9.59 Å². The largest absolute Gasteiger partial charge is 0.349 e. The first-order valence-electron chi connectivity index (χ1n) is 7.15. The Balaban J connectivity index is 1.63. The summed E-state index contributed by atoms with van der Waals surface area (Å²) in [5.74, 6) is -0.101. The van der Waals surface area contributed by atoms with E-state index in [2.05, 4.69) is 10.4 Å². The van der Waals surface area contributed by atoms with Crippen molar-refractivity contribution in [2.24, 2.45) is 0 Å². The molecule has 1 aliphatic rings. The maximum Gasteiger partial charge on any atom is 0.267 e. The van der Waals surface area contributed by atoms with Crippen LogP contribution in [0.3, 0.4) is 0 Å². The van der Waals surface area contributed by atoms with E-state index in [1.165, 1.54) is 16.0 Å². The highest BCUT2D eigenvalue weighted by atomic mass is 32.1. The molecule has 0 saturated carbocycles. The van der Waals surface area contributed by atoms with Gasteiger partial charge in [0.25, 0.3) is 11.5 Å². The molecule has 6 heteroatoms. The van der Waals surface area contributed by atoms with Gasteiger partial charge in [-0.25, -0.2) is 4.68 Å². The predicted octanol–water partition coefficient (Wildman–Crippen LogP) is 1.61. The SMILES string of the molecule is O=C(NCCn1nc2c(cc1=O)CCCC2)c1cccs1. The number of hydrogen-bond donors (Lipinski definition) is 1. The lowest BCUT2D eigenvalue weighted by Gasteiger charge is -2.15. The standard InChI is InChI=1S/C15H17N3O2S/c19-14-10-11-4-1-2-5-12(11)17-18(14)8-7-16-15(20)13-6-3-9-21-13/h3,6,9-10H,1-2,4-5,7-8H2,(H,16,20). The average Bonchev–Trinajstić information content (AvgIpc) is 3.02. The van der Waals surface area contributed by atoms with Crippen LogP contribution in [0.4, 0.5) is 0 Å². The van der Waals surface area contributed by atoms with Crippen molar-refractivity contribution in [2.75, 3.05) is 6.54 Å². The van der Waals surface area contributed by atoms with Crippen LogP contribution in [-0.2, 0) is 19.4 Å². The number of fused-ring (bicyclic) bond motifs is 1. The maximum absolute atomic E-state index is 12.0. The number of hydrogen-bond acceptors (Lipinski definition) is 4. The summed E-state index contributed by atoms with van der Waals surface area (Å²) in [5, 5.41) is 9.11. The average molecular weight is 303 g/mol. The Bertz CT molecular complexity index is 691. The minimum absolute atomic E-state index is 0.0824. The van der Waals surface area contributed by atoms with Crippen molar-refractivity contribution in [1.29, 1.82) is 0 Å². The van der Waals surface area contributed by atoms with Gasteiger partial charge in [-0.05, 0) is 42.7 Å². The lowest BCUT2D eigenvalue weighted by Crippen LogP contribution is -2.33. The molecule has 0 fully saturated rings. The van der Waals surface area contributed by atoms with E-state index in [0.29, 0.717) is 18.0 Å². The van der Waals surface area contributed by atoms with Crippen molar-refractivity contribution in [1.82, 2.24) is 15.1 Å². The van der Waals surface area contributed by atoms with Gasteiger partial charge in [0.2, 0.25) is 0 Å². The normalized spacial score (nSPS) is 13.7. The molecule has 2 heterocycles. The van der Waals surface area contributed by atoms with Crippen molar-refractivity contribution < 1.29 is 4.79 Å². The molecule has 1 amide bonds. The lowest BCUT2D eigenvalue weighted by molar-refractivity contribution is 0.0956. The minimum Gasteiger partial charge on any atom is -0.349 e. The van der Waals surface area contributed by atoms with E-state index >= 15 is 0 Å². The van der Waals surface area contributed by atoms with E-state index in [9.17, 15) is 9.59 Å². The van der Waals surface area contributed by atoms with Crippen molar-refractivity contribution in [3.8, 4) is 0 Å². The van der Waals surface area contributed by atoms with E-state index < -0.39 is 0 Å². The van der Waals surface area contributed by atoms with E-state index in [1.807, 2.05) is 11.4 Å². The molecule has 1 N–H and O–H groups in total. The lowest BCUT2D eigenvalue weighted by atomic mass is 9.97. The molecule has 0 aliphatic heterocycles. The number of nitrogens with one attached hydrogen (secondary N) is 1. The van der Waals surface area contributed by atoms with Gasteiger partial charge in [0.05, 0.1) is 17.1 Å². The number of amides is 1. The molecule has 3 rings (SSSR count). The number of aromatic nitrogens is 2. The van der Waals surface area contributed by atoms with Gasteiger partial charge < -0.3 is 5.32 Å². The molecule has 21 heavy (non-hydrogen) atoms. The quantitative estimate of drug-likeness (QED) is 0.933. The third-order valence-corrected chi connectivity index (χ3v) is 4.50. The fourth-order valence-corrected chi connectivity index (χ4v) is 3.17. The fourth-order valence-electron chi connectivity index (χ4n) is 2.53. The molecule has 2 aromatic rings. The van der Waals surface area contributed by atoms with E-state index in [1.54, 1.807) is 12.1 Å². The van der Waals surface area contributed by atoms with Crippen molar-refractivity contribution >= 4 is 17.2 Å². The molecule has 0 saturated heterocycles. The molecule has 0 spiro atoms. The monoisotopic (exact) mass is 303 g/mol. The molecule has 0 radical (unpaired) electrons. The summed E-state index contributed by atoms with van der Waals surface area (Å²) < 4.78 is 1.46. The maximum atomic E-state index is 12.0. The van der Waals surface area contributed by atoms with Crippen LogP contribution >= 0.6 is 11.3 Å². The summed E-state index contributed by atoms with van der Waals surface area (Å²) in [7, 11) is 0. The number of rotatable bonds is 4. The molecule has 0 aromatic carbocycles. The number of carbonyl (C=O) groups excluding carboxylic acids is 1. The number of nitrogens with zero attached hydrogens (tertiary/aromatic N) is 2. The Kier molecular flexibility index (Phi) is 4.15. The number of thiophene rings is 1. The molecule has 110 valence electrons. The van der Waals surface area contributed by atoms with E-state index in [-0.39, 0.29) is 11.5 Å². The topological polar surface area (TPSA) is 64.0 Å². The van der Waals surface area contributed by atoms with Gasteiger partial charge in [0.15, 0.2) is 0 Å². The first-order valence-corrected chi connectivity index (χ1v) is 8.03. The van der Waals surface area contributed by atoms with Gasteiger partial charge in [-0.15, -0.1) is 11.3 Å². The first-order chi connectivity index (χ1) is 10.2. The Morgan fingerprint density at radius 1 is 1.38 bits per heavy atom. The Labute approximate surface area is 126 Å². The summed E-state index contributed by atoms with van der Waals surface area (Å²) in [6.07, 6.45) is 4.16. The molecular weight excluding hydrogens is 286 g/mol. The van der Waals surface area contributed by atoms with Crippen molar-refractivity contribution in [2.45, 2.75) is 32.2 Å². The van der Waals surface area contributed by atoms with Crippen LogP contribution in [-0.4, -0.2) is 22.2 Å². The molecule has 0 bridgehead atoms. The summed E-state index contributed by atoms with van der Waals surface area (Å²) in [5.41, 5.74) is 2.04. The molecule has 1 aliphatic carbocycles. The minimum atomic E-state index is -0.101. The molecule has 0 atom stereocenters. The second-order valence-corrected chi connectivity index (χ2v) is 6.07. The zero-order valence-electron chi connectivity index (χ0n) is 11.7. The molecule has 0 unspecified atom stereocenters. The van der Waals surface area contributed by atoms with E-state index in [0.717, 1.165) is 36.9 Å². The highest BCUT2D eigenvalue weighted by Gasteiger charge is 2.13. The van der Waals surface area contributed by atoms with Gasteiger partial charge in [-0.2, -0.15) is 5.10 Å². The van der Waals surface area contributed by atoms with Gasteiger partial charge in [0, 0.05) is 12.6 Å². The highest BCUT2D eigenvalue weighted by Crippen LogP contribution is 2.16. The van der Waals surface area contributed by atoms with E-state index in [4.69, 9.17) is 0 Å². The van der Waals surface area contributed by atoms with Crippen LogP contribution in [0.25, 0.3) is 0 Å². The first kappa shape index (κ1) is 14.0. The van der Waals surface area contributed by atoms with Crippen LogP contribution in [0.5, 0.6) is 0 Å². The smallest absolute Gasteiger partial charge is 0.267 e. The van der Waals surface area contributed by atoms with Gasteiger partial charge in [-0.1, -0.05) is 6.07 Å². The van der Waals surface area contributed by atoms with Crippen molar-refractivity contribution in [3.05, 3.63) is 50.1 Å². The highest BCUT2D eigenvalue weighted by molar-refractivity contribution is 7.12.